The Kier molecular flexibility index (Phi) is 16.1. The molecule has 0 fully saturated rings. The molecular formula is C8H18Cl2O4. The molecule has 2 N–H and O–H groups in total. The predicted molar refractivity (Wildman–Crippen MR) is 56.7 cm³/mol. The second kappa shape index (κ2) is 13.4. The molecule has 0 bridgehead atoms. The number of rotatable bonds is 6. The lowest BCUT2D eigenvalue weighted by Crippen LogP contribution is -2.04. The normalized spacial score (nSPS) is 14.1. The van der Waals surface area contributed by atoms with Crippen molar-refractivity contribution >= 4 is 23.2 Å². The molecule has 0 amide bonds. The van der Waals surface area contributed by atoms with E-state index < -0.39 is 0 Å². The van der Waals surface area contributed by atoms with Gasteiger partial charge in [-0.15, -0.1) is 0 Å². The van der Waals surface area contributed by atoms with E-state index in [0.717, 1.165) is 0 Å². The number of alkyl halides is 2. The molecule has 14 heavy (non-hydrogen) atoms. The van der Waals surface area contributed by atoms with Crippen LogP contribution in [0.3, 0.4) is 0 Å². The molecule has 0 spiro atoms. The highest BCUT2D eigenvalue weighted by molar-refractivity contribution is 6.21. The SMILES string of the molecule is CC(Cl)OC(C)Cl.OCCOCCO. The molecule has 0 rings (SSSR count). The summed E-state index contributed by atoms with van der Waals surface area (Å²) < 4.78 is 9.41. The third kappa shape index (κ3) is 22.8. The van der Waals surface area contributed by atoms with Crippen LogP contribution >= 0.6 is 23.2 Å². The van der Waals surface area contributed by atoms with Gasteiger partial charge in [0.05, 0.1) is 26.4 Å². The van der Waals surface area contributed by atoms with E-state index in [4.69, 9.17) is 38.2 Å². The fourth-order valence-corrected chi connectivity index (χ4v) is 0.851. The molecular weight excluding hydrogens is 231 g/mol. The van der Waals surface area contributed by atoms with Gasteiger partial charge in [0, 0.05) is 0 Å². The number of aliphatic hydroxyl groups is 2. The number of hydrogen-bond donors (Lipinski definition) is 2. The van der Waals surface area contributed by atoms with Crippen molar-refractivity contribution < 1.29 is 19.7 Å². The Morgan fingerprint density at radius 1 is 1.00 bits per heavy atom. The minimum atomic E-state index is -0.285. The van der Waals surface area contributed by atoms with Crippen molar-refractivity contribution in [3.8, 4) is 0 Å². The van der Waals surface area contributed by atoms with Gasteiger partial charge in [0.15, 0.2) is 0 Å². The highest BCUT2D eigenvalue weighted by Crippen LogP contribution is 2.03. The number of aliphatic hydroxyl groups excluding tert-OH is 2. The number of halogens is 2. The smallest absolute Gasteiger partial charge is 0.130 e. The largest absolute Gasteiger partial charge is 0.394 e. The monoisotopic (exact) mass is 248 g/mol. The van der Waals surface area contributed by atoms with E-state index in [9.17, 15) is 0 Å². The minimum absolute atomic E-state index is 0.0278. The topological polar surface area (TPSA) is 58.9 Å². The Bertz CT molecular complexity index is 91.3. The average Bonchev–Trinajstić information content (AvgIpc) is 2.04. The summed E-state index contributed by atoms with van der Waals surface area (Å²) in [6.45, 7) is 4.14. The van der Waals surface area contributed by atoms with Crippen LogP contribution in [0.1, 0.15) is 13.8 Å². The van der Waals surface area contributed by atoms with Crippen LogP contribution in [-0.4, -0.2) is 47.8 Å². The fourth-order valence-electron chi connectivity index (χ4n) is 0.490. The predicted octanol–water partition coefficient (Wildman–Crippen LogP) is 1.16. The second-order valence-electron chi connectivity index (χ2n) is 2.28. The van der Waals surface area contributed by atoms with Gasteiger partial charge in [-0.05, 0) is 13.8 Å². The maximum absolute atomic E-state index is 8.09. The summed E-state index contributed by atoms with van der Waals surface area (Å²) >= 11 is 10.7. The van der Waals surface area contributed by atoms with Crippen LogP contribution in [-0.2, 0) is 9.47 Å². The molecule has 2 atom stereocenters. The molecule has 0 aromatic heterocycles. The van der Waals surface area contributed by atoms with E-state index in [1.165, 1.54) is 0 Å². The van der Waals surface area contributed by atoms with Gasteiger partial charge in [0.25, 0.3) is 0 Å². The highest BCUT2D eigenvalue weighted by Gasteiger charge is 1.98. The first-order chi connectivity index (χ1) is 6.54. The summed E-state index contributed by atoms with van der Waals surface area (Å²) in [7, 11) is 0. The van der Waals surface area contributed by atoms with Gasteiger partial charge < -0.3 is 19.7 Å². The quantitative estimate of drug-likeness (QED) is 0.547. The van der Waals surface area contributed by atoms with Gasteiger partial charge in [0.2, 0.25) is 0 Å². The lowest BCUT2D eigenvalue weighted by atomic mass is 10.7. The van der Waals surface area contributed by atoms with Gasteiger partial charge >= 0.3 is 0 Å². The van der Waals surface area contributed by atoms with E-state index in [1.54, 1.807) is 13.8 Å². The van der Waals surface area contributed by atoms with Crippen LogP contribution in [0, 0.1) is 0 Å². The Balaban J connectivity index is 0. The van der Waals surface area contributed by atoms with E-state index in [-0.39, 0.29) is 24.3 Å². The van der Waals surface area contributed by atoms with Gasteiger partial charge in [-0.1, -0.05) is 23.2 Å². The molecule has 0 saturated heterocycles. The number of ether oxygens (including phenoxy) is 2. The third-order valence-corrected chi connectivity index (χ3v) is 1.05. The van der Waals surface area contributed by atoms with Crippen LogP contribution in [0.2, 0.25) is 0 Å². The van der Waals surface area contributed by atoms with E-state index >= 15 is 0 Å². The summed E-state index contributed by atoms with van der Waals surface area (Å²) in [5, 5.41) is 16.2. The van der Waals surface area contributed by atoms with E-state index in [0.29, 0.717) is 13.2 Å². The van der Waals surface area contributed by atoms with Crippen LogP contribution < -0.4 is 0 Å². The summed E-state index contributed by atoms with van der Waals surface area (Å²) in [4.78, 5) is 0. The first-order valence-electron chi connectivity index (χ1n) is 4.27. The standard InChI is InChI=1S/C4H8Cl2O.C4H10O3/c1-3(5)7-4(2)6;5-1-3-7-4-2-6/h3-4H,1-2H3;5-6H,1-4H2. The summed E-state index contributed by atoms with van der Waals surface area (Å²) in [5.74, 6) is 0. The van der Waals surface area contributed by atoms with Crippen molar-refractivity contribution in [1.29, 1.82) is 0 Å². The van der Waals surface area contributed by atoms with Crippen molar-refractivity contribution in [3.05, 3.63) is 0 Å². The minimum Gasteiger partial charge on any atom is -0.394 e. The Morgan fingerprint density at radius 2 is 1.36 bits per heavy atom. The molecule has 0 saturated carbocycles. The van der Waals surface area contributed by atoms with Crippen LogP contribution in [0.15, 0.2) is 0 Å². The zero-order valence-electron chi connectivity index (χ0n) is 8.45. The van der Waals surface area contributed by atoms with E-state index in [1.807, 2.05) is 0 Å². The third-order valence-electron chi connectivity index (χ3n) is 0.846. The molecule has 4 nitrogen and oxygen atoms in total. The molecule has 6 heteroatoms. The lowest BCUT2D eigenvalue weighted by molar-refractivity contribution is 0.0650. The van der Waals surface area contributed by atoms with Crippen molar-refractivity contribution in [3.63, 3.8) is 0 Å². The Morgan fingerprint density at radius 3 is 1.50 bits per heavy atom. The molecule has 0 aliphatic heterocycles. The second-order valence-corrected chi connectivity index (χ2v) is 3.51. The molecule has 0 aliphatic carbocycles. The first kappa shape index (κ1) is 16.8. The molecule has 0 aromatic rings. The summed E-state index contributed by atoms with van der Waals surface area (Å²) in [5.41, 5.74) is -0.569. The van der Waals surface area contributed by atoms with Gasteiger partial charge in [0.1, 0.15) is 11.1 Å². The summed E-state index contributed by atoms with van der Waals surface area (Å²) in [6, 6.07) is 0. The van der Waals surface area contributed by atoms with Crippen molar-refractivity contribution in [2.24, 2.45) is 0 Å². The summed E-state index contributed by atoms with van der Waals surface area (Å²) in [6.07, 6.45) is 0. The van der Waals surface area contributed by atoms with E-state index in [2.05, 4.69) is 4.74 Å². The van der Waals surface area contributed by atoms with Crippen molar-refractivity contribution in [2.45, 2.75) is 25.0 Å². The lowest BCUT2D eigenvalue weighted by Gasteiger charge is -2.05. The van der Waals surface area contributed by atoms with Gasteiger partial charge in [-0.3, -0.25) is 0 Å². The fraction of sp³-hybridized carbons (Fsp3) is 1.00. The first-order valence-corrected chi connectivity index (χ1v) is 5.15. The number of hydrogen-bond acceptors (Lipinski definition) is 4. The highest BCUT2D eigenvalue weighted by atomic mass is 35.5. The zero-order valence-corrected chi connectivity index (χ0v) is 9.96. The zero-order chi connectivity index (χ0) is 11.4. The van der Waals surface area contributed by atoms with Crippen molar-refractivity contribution in [1.82, 2.24) is 0 Å². The molecule has 0 aliphatic rings. The Labute approximate surface area is 94.7 Å². The van der Waals surface area contributed by atoms with Gasteiger partial charge in [-0.2, -0.15) is 0 Å². The maximum Gasteiger partial charge on any atom is 0.130 e. The molecule has 0 radical (unpaired) electrons. The molecule has 0 aromatic carbocycles. The maximum atomic E-state index is 8.09. The van der Waals surface area contributed by atoms with Crippen LogP contribution in [0.4, 0.5) is 0 Å². The Hall–Kier alpha value is 0.420. The van der Waals surface area contributed by atoms with Gasteiger partial charge in [-0.25, -0.2) is 0 Å². The van der Waals surface area contributed by atoms with Crippen molar-refractivity contribution in [2.75, 3.05) is 26.4 Å². The van der Waals surface area contributed by atoms with Crippen LogP contribution in [0.25, 0.3) is 0 Å². The average molecular weight is 249 g/mol. The molecule has 2 unspecified atom stereocenters. The van der Waals surface area contributed by atoms with Crippen LogP contribution in [0.5, 0.6) is 0 Å². The molecule has 88 valence electrons. The molecule has 0 heterocycles.